The molecule has 236 valence electrons. The number of hydrogen-bond acceptors (Lipinski definition) is 11. The maximum absolute atomic E-state index is 13.3. The quantitative estimate of drug-likeness (QED) is 0.0731. The van der Waals surface area contributed by atoms with Gasteiger partial charge in [0.05, 0.1) is 29.3 Å². The van der Waals surface area contributed by atoms with Gasteiger partial charge in [-0.25, -0.2) is 9.97 Å². The molecule has 0 fully saturated rings. The Morgan fingerprint density at radius 1 is 1.09 bits per heavy atom. The minimum Gasteiger partial charge on any atom is -0.394 e. The molecule has 13 nitrogen and oxygen atoms in total. The first-order valence-electron chi connectivity index (χ1n) is 14.0. The molecule has 0 spiro atoms. The smallest absolute Gasteiger partial charge is 0.302 e. The Morgan fingerprint density at radius 3 is 2.52 bits per heavy atom. The van der Waals surface area contributed by atoms with Gasteiger partial charge in [0.1, 0.15) is 12.4 Å². The van der Waals surface area contributed by atoms with E-state index < -0.39 is 34.9 Å². The average Bonchev–Trinajstić information content (AvgIpc) is 3.47. The third kappa shape index (κ3) is 11.0. The molecular weight excluding hydrogens is 606 g/mol. The molecule has 5 N–H and O–H groups in total. The molecule has 0 aliphatic carbocycles. The lowest BCUT2D eigenvalue weighted by Crippen LogP contribution is -2.51. The third-order valence-corrected chi connectivity index (χ3v) is 8.68. The summed E-state index contributed by atoms with van der Waals surface area (Å²) in [5, 5.41) is 26.7. The number of nitrogens with zero attached hydrogens (tertiary/aromatic N) is 4. The second kappa shape index (κ2) is 17.5. The molecule has 3 atom stereocenters. The number of imidazole rings is 1. The van der Waals surface area contributed by atoms with Crippen LogP contribution in [-0.4, -0.2) is 72.8 Å². The van der Waals surface area contributed by atoms with Crippen LogP contribution in [0.25, 0.3) is 0 Å². The summed E-state index contributed by atoms with van der Waals surface area (Å²) in [6, 6.07) is 9.89. The van der Waals surface area contributed by atoms with Gasteiger partial charge < -0.3 is 21.5 Å². The number of rotatable bonds is 17. The van der Waals surface area contributed by atoms with Crippen molar-refractivity contribution in [2.45, 2.75) is 62.7 Å². The monoisotopic (exact) mass is 643 g/mol. The molecule has 0 aliphatic heterocycles. The van der Waals surface area contributed by atoms with Crippen molar-refractivity contribution in [3.8, 4) is 0 Å². The molecule has 0 unspecified atom stereocenters. The molecule has 0 bridgehead atoms. The van der Waals surface area contributed by atoms with E-state index in [9.17, 15) is 29.6 Å². The van der Waals surface area contributed by atoms with Gasteiger partial charge >= 0.3 is 5.69 Å². The number of aromatic nitrogens is 3. The fraction of sp³-hybridized carbons (Fsp3) is 0.414. The SMILES string of the molecule is CC(C)C[C@@H](CO)NC(=O)[C@H](Cc1cn(C(=O)[C@@H](N)Cc2ccccc2)cn1)NC(=O)CCSSc1ncccc1[N+](=O)[O-]. The minimum absolute atomic E-state index is 0.00632. The summed E-state index contributed by atoms with van der Waals surface area (Å²) >= 11 is 0. The predicted octanol–water partition coefficient (Wildman–Crippen LogP) is 2.78. The highest BCUT2D eigenvalue weighted by molar-refractivity contribution is 8.76. The molecule has 44 heavy (non-hydrogen) atoms. The number of nitro groups is 1. The van der Waals surface area contributed by atoms with Crippen molar-refractivity contribution < 1.29 is 24.4 Å². The normalized spacial score (nSPS) is 13.2. The lowest BCUT2D eigenvalue weighted by molar-refractivity contribution is -0.388. The van der Waals surface area contributed by atoms with Crippen LogP contribution in [0.15, 0.2) is 66.2 Å². The number of aliphatic hydroxyl groups excluding tert-OH is 1. The number of benzene rings is 1. The van der Waals surface area contributed by atoms with Crippen molar-refractivity contribution >= 4 is 45.0 Å². The molecule has 3 rings (SSSR count). The van der Waals surface area contributed by atoms with E-state index in [0.29, 0.717) is 24.3 Å². The molecule has 0 aliphatic rings. The maximum atomic E-state index is 13.3. The van der Waals surface area contributed by atoms with E-state index in [2.05, 4.69) is 20.6 Å². The van der Waals surface area contributed by atoms with Crippen LogP contribution in [0.4, 0.5) is 5.69 Å². The van der Waals surface area contributed by atoms with Crippen LogP contribution in [-0.2, 0) is 22.4 Å². The highest BCUT2D eigenvalue weighted by Gasteiger charge is 2.26. The van der Waals surface area contributed by atoms with E-state index in [0.717, 1.165) is 16.4 Å². The zero-order valence-corrected chi connectivity index (χ0v) is 26.1. The van der Waals surface area contributed by atoms with Gasteiger partial charge in [0, 0.05) is 37.1 Å². The van der Waals surface area contributed by atoms with Gasteiger partial charge in [0.15, 0.2) is 5.03 Å². The van der Waals surface area contributed by atoms with Crippen molar-refractivity contribution in [1.29, 1.82) is 0 Å². The van der Waals surface area contributed by atoms with E-state index in [1.165, 1.54) is 46.2 Å². The molecule has 15 heteroatoms. The summed E-state index contributed by atoms with van der Waals surface area (Å²) in [4.78, 5) is 58.0. The maximum Gasteiger partial charge on any atom is 0.302 e. The van der Waals surface area contributed by atoms with Crippen LogP contribution in [0.2, 0.25) is 0 Å². The number of nitrogens with one attached hydrogen (secondary N) is 2. The fourth-order valence-corrected chi connectivity index (χ4v) is 6.30. The van der Waals surface area contributed by atoms with Crippen molar-refractivity contribution in [2.75, 3.05) is 12.4 Å². The standard InChI is InChI=1S/C29H37N7O6S2/c1-19(2)13-22(17-37)33-27(39)24(34-26(38)10-12-43-44-28-25(36(41)42)9-6-11-31-28)15-21-16-35(18-32-21)29(40)23(30)14-20-7-4-3-5-8-20/h3-9,11,16,18-19,22-24,37H,10,12-15,17,30H2,1-2H3,(H,33,39)(H,34,38)/t22-,23-,24-/m0/s1. The van der Waals surface area contributed by atoms with Crippen molar-refractivity contribution in [2.24, 2.45) is 11.7 Å². The van der Waals surface area contributed by atoms with Gasteiger partial charge in [0.25, 0.3) is 0 Å². The van der Waals surface area contributed by atoms with Gasteiger partial charge in [-0.15, -0.1) is 0 Å². The summed E-state index contributed by atoms with van der Waals surface area (Å²) in [5.74, 6) is -0.762. The van der Waals surface area contributed by atoms with Gasteiger partial charge in [-0.2, -0.15) is 0 Å². The Hall–Kier alpha value is -3.79. The van der Waals surface area contributed by atoms with E-state index in [1.807, 2.05) is 44.2 Å². The summed E-state index contributed by atoms with van der Waals surface area (Å²) < 4.78 is 1.28. The number of pyridine rings is 1. The van der Waals surface area contributed by atoms with Gasteiger partial charge in [-0.3, -0.25) is 29.1 Å². The van der Waals surface area contributed by atoms with Crippen LogP contribution in [0.1, 0.15) is 42.7 Å². The second-order valence-electron chi connectivity index (χ2n) is 10.5. The highest BCUT2D eigenvalue weighted by atomic mass is 33.1. The average molecular weight is 644 g/mol. The van der Waals surface area contributed by atoms with Crippen molar-refractivity contribution in [3.05, 3.63) is 82.6 Å². The van der Waals surface area contributed by atoms with Gasteiger partial charge in [-0.1, -0.05) is 55.0 Å². The second-order valence-corrected chi connectivity index (χ2v) is 12.9. The van der Waals surface area contributed by atoms with E-state index in [1.54, 1.807) is 0 Å². The number of nitrogens with two attached hydrogens (primary N) is 1. The number of carbonyl (C=O) groups is 3. The highest BCUT2D eigenvalue weighted by Crippen LogP contribution is 2.35. The van der Waals surface area contributed by atoms with Crippen LogP contribution >= 0.6 is 21.6 Å². The largest absolute Gasteiger partial charge is 0.394 e. The molecule has 3 aromatic rings. The predicted molar refractivity (Wildman–Crippen MR) is 169 cm³/mol. The first kappa shape index (κ1) is 34.7. The topological polar surface area (TPSA) is 195 Å². The van der Waals surface area contributed by atoms with E-state index >= 15 is 0 Å². The lowest BCUT2D eigenvalue weighted by atomic mass is 10.0. The molecule has 2 heterocycles. The number of amides is 2. The Morgan fingerprint density at radius 2 is 1.84 bits per heavy atom. The van der Waals surface area contributed by atoms with Crippen molar-refractivity contribution in [3.63, 3.8) is 0 Å². The molecule has 0 saturated carbocycles. The zero-order chi connectivity index (χ0) is 32.1. The Balaban J connectivity index is 1.64. The molecule has 2 amide bonds. The Kier molecular flexibility index (Phi) is 13.8. The first-order valence-corrected chi connectivity index (χ1v) is 16.3. The van der Waals surface area contributed by atoms with Crippen LogP contribution < -0.4 is 16.4 Å². The number of aliphatic hydroxyl groups is 1. The summed E-state index contributed by atoms with van der Waals surface area (Å²) in [7, 11) is 2.32. The van der Waals surface area contributed by atoms with Crippen molar-refractivity contribution in [1.82, 2.24) is 25.2 Å². The Bertz CT molecular complexity index is 1410. The summed E-state index contributed by atoms with van der Waals surface area (Å²) in [5.41, 5.74) is 7.34. The molecule has 1 aromatic carbocycles. The van der Waals surface area contributed by atoms with Gasteiger partial charge in [-0.05, 0) is 41.2 Å². The molecular formula is C29H37N7O6S2. The van der Waals surface area contributed by atoms with E-state index in [4.69, 9.17) is 5.73 Å². The van der Waals surface area contributed by atoms with Crippen LogP contribution in [0.5, 0.6) is 0 Å². The Labute approximate surface area is 263 Å². The molecule has 0 saturated heterocycles. The lowest BCUT2D eigenvalue weighted by Gasteiger charge is -2.23. The zero-order valence-electron chi connectivity index (χ0n) is 24.5. The third-order valence-electron chi connectivity index (χ3n) is 6.39. The number of carbonyl (C=O) groups excluding carboxylic acids is 3. The van der Waals surface area contributed by atoms with E-state index in [-0.39, 0.29) is 42.0 Å². The van der Waals surface area contributed by atoms with Crippen LogP contribution in [0.3, 0.4) is 0 Å². The summed E-state index contributed by atoms with van der Waals surface area (Å²) in [6.45, 7) is 3.67. The van der Waals surface area contributed by atoms with Gasteiger partial charge in [0.2, 0.25) is 17.7 Å². The summed E-state index contributed by atoms with van der Waals surface area (Å²) in [6.07, 6.45) is 5.18. The number of hydrogen-bond donors (Lipinski definition) is 4. The minimum atomic E-state index is -1.03. The first-order chi connectivity index (χ1) is 21.1. The fourth-order valence-electron chi connectivity index (χ4n) is 4.29. The molecule has 0 radical (unpaired) electrons. The van der Waals surface area contributed by atoms with Crippen LogP contribution in [0, 0.1) is 16.0 Å². The molecule has 2 aromatic heterocycles.